The summed E-state index contributed by atoms with van der Waals surface area (Å²) in [6.07, 6.45) is -4.66. The van der Waals surface area contributed by atoms with Crippen molar-refractivity contribution in [3.05, 3.63) is 82.4 Å². The highest BCUT2D eigenvalue weighted by Crippen LogP contribution is 2.41. The summed E-state index contributed by atoms with van der Waals surface area (Å²) in [6.45, 7) is 4.00. The Bertz CT molecular complexity index is 1240. The van der Waals surface area contributed by atoms with E-state index in [2.05, 4.69) is 16.0 Å². The maximum absolute atomic E-state index is 13.9. The average molecular weight is 439 g/mol. The Labute approximate surface area is 182 Å². The van der Waals surface area contributed by atoms with Gasteiger partial charge in [0.1, 0.15) is 0 Å². The van der Waals surface area contributed by atoms with Crippen LogP contribution in [0.5, 0.6) is 0 Å². The maximum Gasteiger partial charge on any atom is 0.417 e. The first-order chi connectivity index (χ1) is 15.1. The number of rotatable bonds is 3. The third-order valence-electron chi connectivity index (χ3n) is 5.48. The molecule has 0 atom stereocenters. The van der Waals surface area contributed by atoms with Gasteiger partial charge in [0.25, 0.3) is 5.91 Å². The summed E-state index contributed by atoms with van der Waals surface area (Å²) in [4.78, 5) is 24.2. The van der Waals surface area contributed by atoms with E-state index in [0.717, 1.165) is 17.2 Å². The van der Waals surface area contributed by atoms with Gasteiger partial charge in [-0.15, -0.1) is 0 Å². The van der Waals surface area contributed by atoms with Gasteiger partial charge < -0.3 is 16.0 Å². The van der Waals surface area contributed by atoms with Gasteiger partial charge in [0, 0.05) is 23.5 Å². The minimum absolute atomic E-state index is 0.00388. The molecule has 1 aliphatic rings. The minimum Gasteiger partial charge on any atom is -0.348 e. The second-order valence-electron chi connectivity index (χ2n) is 7.65. The number of hydrogen-bond donors (Lipinski definition) is 3. The number of benzene rings is 3. The summed E-state index contributed by atoms with van der Waals surface area (Å²) in [7, 11) is 0. The summed E-state index contributed by atoms with van der Waals surface area (Å²) in [5.74, 6) is -0.309. The Morgan fingerprint density at radius 1 is 0.875 bits per heavy atom. The monoisotopic (exact) mass is 439 g/mol. The number of amides is 3. The number of carbonyl (C=O) groups is 2. The number of fused-ring (bicyclic) bond motifs is 1. The molecular formula is C24H20F3N3O2. The predicted octanol–water partition coefficient (Wildman–Crippen LogP) is 5.88. The van der Waals surface area contributed by atoms with Crippen LogP contribution in [0.2, 0.25) is 0 Å². The van der Waals surface area contributed by atoms with Gasteiger partial charge in [0.15, 0.2) is 0 Å². The Balaban J connectivity index is 1.64. The fourth-order valence-electron chi connectivity index (χ4n) is 3.71. The van der Waals surface area contributed by atoms with Crippen molar-refractivity contribution in [2.24, 2.45) is 0 Å². The van der Waals surface area contributed by atoms with Crippen molar-refractivity contribution in [1.29, 1.82) is 0 Å². The standard InChI is InChI=1S/C24H20F3N3O2/c1-13-6-7-15(10-14(13)2)29-23(32)30-16-8-9-18(21(11-16)24(25,26)27)17-4-3-5-19-20(17)12-28-22(19)31/h3-11H,12H2,1-2H3,(H,28,31)(H2,29,30,32). The summed E-state index contributed by atoms with van der Waals surface area (Å²) in [5.41, 5.74) is 2.86. The molecule has 3 N–H and O–H groups in total. The SMILES string of the molecule is Cc1ccc(NC(=O)Nc2ccc(-c3cccc4c3CNC4=O)c(C(F)(F)F)c2)cc1C. The lowest BCUT2D eigenvalue weighted by Gasteiger charge is -2.17. The van der Waals surface area contributed by atoms with Gasteiger partial charge in [-0.25, -0.2) is 4.79 Å². The lowest BCUT2D eigenvalue weighted by molar-refractivity contribution is -0.137. The number of carbonyl (C=O) groups excluding carboxylic acids is 2. The first-order valence-electron chi connectivity index (χ1n) is 9.90. The molecule has 0 fully saturated rings. The van der Waals surface area contributed by atoms with Gasteiger partial charge >= 0.3 is 12.2 Å². The van der Waals surface area contributed by atoms with E-state index in [1.165, 1.54) is 12.1 Å². The van der Waals surface area contributed by atoms with Gasteiger partial charge in [-0.05, 0) is 72.0 Å². The molecule has 1 heterocycles. The fourth-order valence-corrected chi connectivity index (χ4v) is 3.71. The van der Waals surface area contributed by atoms with Gasteiger partial charge in [-0.1, -0.05) is 24.3 Å². The Morgan fingerprint density at radius 2 is 1.53 bits per heavy atom. The highest BCUT2D eigenvalue weighted by molar-refractivity contribution is 6.01. The quantitative estimate of drug-likeness (QED) is 0.477. The van der Waals surface area contributed by atoms with Gasteiger partial charge in [0.2, 0.25) is 0 Å². The van der Waals surface area contributed by atoms with E-state index in [9.17, 15) is 22.8 Å². The molecule has 164 valence electrons. The lowest BCUT2D eigenvalue weighted by atomic mass is 9.93. The van der Waals surface area contributed by atoms with E-state index < -0.39 is 17.8 Å². The summed E-state index contributed by atoms with van der Waals surface area (Å²) < 4.78 is 41.7. The largest absolute Gasteiger partial charge is 0.417 e. The Morgan fingerprint density at radius 3 is 2.22 bits per heavy atom. The zero-order valence-electron chi connectivity index (χ0n) is 17.4. The number of nitrogens with one attached hydrogen (secondary N) is 3. The van der Waals surface area contributed by atoms with Crippen LogP contribution in [-0.2, 0) is 12.7 Å². The Kier molecular flexibility index (Phi) is 5.38. The second kappa shape index (κ2) is 8.03. The number of anilines is 2. The van der Waals surface area contributed by atoms with Crippen LogP contribution in [0.3, 0.4) is 0 Å². The van der Waals surface area contributed by atoms with Crippen LogP contribution in [-0.4, -0.2) is 11.9 Å². The van der Waals surface area contributed by atoms with Crippen LogP contribution < -0.4 is 16.0 Å². The summed E-state index contributed by atoms with van der Waals surface area (Å²) in [5, 5.41) is 7.72. The molecule has 8 heteroatoms. The molecule has 3 aromatic rings. The van der Waals surface area contributed by atoms with Crippen LogP contribution in [0.1, 0.15) is 32.6 Å². The molecule has 0 bridgehead atoms. The number of alkyl halides is 3. The average Bonchev–Trinajstić information content (AvgIpc) is 3.11. The topological polar surface area (TPSA) is 70.2 Å². The van der Waals surface area contributed by atoms with Gasteiger partial charge in [-0.2, -0.15) is 13.2 Å². The third kappa shape index (κ3) is 4.16. The summed E-state index contributed by atoms with van der Waals surface area (Å²) >= 11 is 0. The Hall–Kier alpha value is -3.81. The lowest BCUT2D eigenvalue weighted by Crippen LogP contribution is -2.20. The van der Waals surface area contributed by atoms with E-state index in [1.807, 2.05) is 19.9 Å². The number of hydrogen-bond acceptors (Lipinski definition) is 2. The molecule has 0 unspecified atom stereocenters. The molecule has 0 radical (unpaired) electrons. The molecule has 1 aliphatic heterocycles. The number of aryl methyl sites for hydroxylation is 2. The van der Waals surface area contributed by atoms with Crippen LogP contribution in [0.25, 0.3) is 11.1 Å². The number of halogens is 3. The van der Waals surface area contributed by atoms with E-state index in [4.69, 9.17) is 0 Å². The molecule has 5 nitrogen and oxygen atoms in total. The van der Waals surface area contributed by atoms with Crippen LogP contribution in [0.15, 0.2) is 54.6 Å². The first kappa shape index (κ1) is 21.4. The van der Waals surface area contributed by atoms with Gasteiger partial charge in [-0.3, -0.25) is 4.79 Å². The van der Waals surface area contributed by atoms with Crippen LogP contribution in [0, 0.1) is 13.8 Å². The number of urea groups is 1. The molecule has 0 saturated carbocycles. The highest BCUT2D eigenvalue weighted by Gasteiger charge is 2.35. The third-order valence-corrected chi connectivity index (χ3v) is 5.48. The molecule has 0 saturated heterocycles. The highest BCUT2D eigenvalue weighted by atomic mass is 19.4. The normalized spacial score (nSPS) is 12.8. The van der Waals surface area contributed by atoms with Gasteiger partial charge in [0.05, 0.1) is 5.56 Å². The molecular weight excluding hydrogens is 419 g/mol. The van der Waals surface area contributed by atoms with Crippen molar-refractivity contribution in [2.75, 3.05) is 10.6 Å². The molecule has 3 aromatic carbocycles. The van der Waals surface area contributed by atoms with Crippen LogP contribution >= 0.6 is 0 Å². The van der Waals surface area contributed by atoms with Crippen molar-refractivity contribution in [3.8, 4) is 11.1 Å². The molecule has 0 aliphatic carbocycles. The molecule has 32 heavy (non-hydrogen) atoms. The van der Waals surface area contributed by atoms with Crippen LogP contribution in [0.4, 0.5) is 29.3 Å². The van der Waals surface area contributed by atoms with E-state index in [-0.39, 0.29) is 23.7 Å². The molecule has 4 rings (SSSR count). The van der Waals surface area contributed by atoms with E-state index in [0.29, 0.717) is 22.4 Å². The maximum atomic E-state index is 13.9. The molecule has 0 spiro atoms. The van der Waals surface area contributed by atoms with Crippen molar-refractivity contribution in [2.45, 2.75) is 26.6 Å². The van der Waals surface area contributed by atoms with Crippen molar-refractivity contribution < 1.29 is 22.8 Å². The minimum atomic E-state index is -4.66. The first-order valence-corrected chi connectivity index (χ1v) is 9.90. The second-order valence-corrected chi connectivity index (χ2v) is 7.65. The molecule has 0 aromatic heterocycles. The summed E-state index contributed by atoms with van der Waals surface area (Å²) in [6, 6.07) is 13.0. The predicted molar refractivity (Wildman–Crippen MR) is 117 cm³/mol. The van der Waals surface area contributed by atoms with E-state index >= 15 is 0 Å². The zero-order valence-corrected chi connectivity index (χ0v) is 17.4. The fraction of sp³-hybridized carbons (Fsp3) is 0.167. The van der Waals surface area contributed by atoms with E-state index in [1.54, 1.807) is 30.3 Å². The van der Waals surface area contributed by atoms with Crippen molar-refractivity contribution in [3.63, 3.8) is 0 Å². The smallest absolute Gasteiger partial charge is 0.348 e. The van der Waals surface area contributed by atoms with Crippen molar-refractivity contribution >= 4 is 23.3 Å². The zero-order chi connectivity index (χ0) is 23.0. The molecule has 3 amide bonds. The van der Waals surface area contributed by atoms with Crippen molar-refractivity contribution in [1.82, 2.24) is 5.32 Å².